The molecule has 29 heavy (non-hydrogen) atoms. The molecule has 2 heterocycles. The van der Waals surface area contributed by atoms with Crippen LogP contribution in [0.1, 0.15) is 11.5 Å². The topological polar surface area (TPSA) is 67.2 Å². The molecule has 9 heteroatoms. The average molecular weight is 435 g/mol. The Balaban J connectivity index is 1.68. The van der Waals surface area contributed by atoms with Gasteiger partial charge in [-0.1, -0.05) is 35.9 Å². The zero-order chi connectivity index (χ0) is 20.6. The SMILES string of the molecule is Cn1cnc(S(=O)(=O)N2CC(Nc3cccc(F)c3)C(c3ccccc3Cl)C2)c1. The molecule has 1 aliphatic heterocycles. The van der Waals surface area contributed by atoms with Gasteiger partial charge in [-0.05, 0) is 29.8 Å². The van der Waals surface area contributed by atoms with Crippen LogP contribution in [0, 0.1) is 5.82 Å². The van der Waals surface area contributed by atoms with Crippen LogP contribution in [0.4, 0.5) is 10.1 Å². The fourth-order valence-electron chi connectivity index (χ4n) is 3.65. The van der Waals surface area contributed by atoms with Crippen molar-refractivity contribution >= 4 is 27.3 Å². The second-order valence-electron chi connectivity index (χ2n) is 7.09. The van der Waals surface area contributed by atoms with Gasteiger partial charge in [0.15, 0.2) is 5.03 Å². The molecule has 1 saturated heterocycles. The first-order valence-electron chi connectivity index (χ1n) is 9.09. The van der Waals surface area contributed by atoms with Gasteiger partial charge in [-0.2, -0.15) is 4.31 Å². The summed E-state index contributed by atoms with van der Waals surface area (Å²) in [5.41, 5.74) is 1.44. The van der Waals surface area contributed by atoms with Crippen molar-refractivity contribution in [2.24, 2.45) is 7.05 Å². The van der Waals surface area contributed by atoms with Gasteiger partial charge in [0.05, 0.1) is 6.33 Å². The van der Waals surface area contributed by atoms with E-state index in [0.717, 1.165) is 5.56 Å². The van der Waals surface area contributed by atoms with E-state index >= 15 is 0 Å². The quantitative estimate of drug-likeness (QED) is 0.667. The Morgan fingerprint density at radius 2 is 1.97 bits per heavy atom. The summed E-state index contributed by atoms with van der Waals surface area (Å²) in [7, 11) is -2.04. The fourth-order valence-corrected chi connectivity index (χ4v) is 5.38. The van der Waals surface area contributed by atoms with Gasteiger partial charge in [-0.15, -0.1) is 0 Å². The molecule has 2 aromatic carbocycles. The number of aromatic nitrogens is 2. The van der Waals surface area contributed by atoms with Crippen molar-refractivity contribution in [2.45, 2.75) is 17.0 Å². The first-order chi connectivity index (χ1) is 13.8. The van der Waals surface area contributed by atoms with Crippen LogP contribution in [0.5, 0.6) is 0 Å². The molecular weight excluding hydrogens is 415 g/mol. The Bertz CT molecular complexity index is 1130. The van der Waals surface area contributed by atoms with E-state index in [1.807, 2.05) is 18.2 Å². The molecule has 2 atom stereocenters. The lowest BCUT2D eigenvalue weighted by atomic mass is 9.94. The Hall–Kier alpha value is -2.42. The lowest BCUT2D eigenvalue weighted by molar-refractivity contribution is 0.468. The minimum atomic E-state index is -3.76. The molecule has 6 nitrogen and oxygen atoms in total. The van der Waals surface area contributed by atoms with Crippen LogP contribution < -0.4 is 5.32 Å². The third-order valence-electron chi connectivity index (χ3n) is 5.05. The Kier molecular flexibility index (Phi) is 5.33. The summed E-state index contributed by atoms with van der Waals surface area (Å²) in [6, 6.07) is 13.2. The molecule has 0 bridgehead atoms. The molecule has 0 spiro atoms. The number of aryl methyl sites for hydroxylation is 1. The molecule has 1 aromatic heterocycles. The van der Waals surface area contributed by atoms with Gasteiger partial charge in [0.2, 0.25) is 0 Å². The van der Waals surface area contributed by atoms with Crippen molar-refractivity contribution in [3.8, 4) is 0 Å². The van der Waals surface area contributed by atoms with Crippen LogP contribution in [-0.2, 0) is 17.1 Å². The minimum absolute atomic E-state index is 0.00399. The van der Waals surface area contributed by atoms with E-state index < -0.39 is 10.0 Å². The zero-order valence-electron chi connectivity index (χ0n) is 15.7. The smallest absolute Gasteiger partial charge is 0.262 e. The fraction of sp³-hybridized carbons (Fsp3) is 0.250. The number of halogens is 2. The molecule has 0 amide bonds. The average Bonchev–Trinajstić information content (AvgIpc) is 3.30. The van der Waals surface area contributed by atoms with E-state index in [4.69, 9.17) is 11.6 Å². The summed E-state index contributed by atoms with van der Waals surface area (Å²) in [5, 5.41) is 3.86. The maximum Gasteiger partial charge on any atom is 0.262 e. The summed E-state index contributed by atoms with van der Waals surface area (Å²) >= 11 is 6.41. The van der Waals surface area contributed by atoms with E-state index in [9.17, 15) is 12.8 Å². The molecule has 1 fully saturated rings. The molecule has 1 aliphatic rings. The number of hydrogen-bond donors (Lipinski definition) is 1. The van der Waals surface area contributed by atoms with Crippen LogP contribution in [0.25, 0.3) is 0 Å². The molecule has 0 saturated carbocycles. The maximum absolute atomic E-state index is 13.6. The Morgan fingerprint density at radius 3 is 2.66 bits per heavy atom. The lowest BCUT2D eigenvalue weighted by Gasteiger charge is -2.22. The summed E-state index contributed by atoms with van der Waals surface area (Å²) in [4.78, 5) is 4.01. The molecular formula is C20H20ClFN4O2S. The monoisotopic (exact) mass is 434 g/mol. The van der Waals surface area contributed by atoms with Crippen molar-refractivity contribution in [1.29, 1.82) is 0 Å². The second kappa shape index (κ2) is 7.78. The third-order valence-corrected chi connectivity index (χ3v) is 7.11. The summed E-state index contributed by atoms with van der Waals surface area (Å²) in [6.07, 6.45) is 2.93. The number of hydrogen-bond acceptors (Lipinski definition) is 4. The van der Waals surface area contributed by atoms with Gasteiger partial charge in [-0.25, -0.2) is 17.8 Å². The number of nitrogens with one attached hydrogen (secondary N) is 1. The highest BCUT2D eigenvalue weighted by Crippen LogP contribution is 2.36. The number of nitrogens with zero attached hydrogens (tertiary/aromatic N) is 3. The highest BCUT2D eigenvalue weighted by atomic mass is 35.5. The van der Waals surface area contributed by atoms with Gasteiger partial charge in [0.25, 0.3) is 10.0 Å². The third kappa shape index (κ3) is 4.01. The Labute approximate surface area is 174 Å². The normalized spacial score (nSPS) is 20.1. The van der Waals surface area contributed by atoms with Crippen molar-refractivity contribution in [3.63, 3.8) is 0 Å². The number of sulfonamides is 1. The van der Waals surface area contributed by atoms with Crippen molar-refractivity contribution in [2.75, 3.05) is 18.4 Å². The largest absolute Gasteiger partial charge is 0.380 e. The lowest BCUT2D eigenvalue weighted by Crippen LogP contribution is -2.32. The number of benzene rings is 2. The van der Waals surface area contributed by atoms with Crippen molar-refractivity contribution < 1.29 is 12.8 Å². The van der Waals surface area contributed by atoms with Crippen LogP contribution in [0.3, 0.4) is 0 Å². The molecule has 152 valence electrons. The Morgan fingerprint density at radius 1 is 1.17 bits per heavy atom. The first-order valence-corrected chi connectivity index (χ1v) is 10.9. The van der Waals surface area contributed by atoms with Gasteiger partial charge < -0.3 is 9.88 Å². The number of imidazole rings is 1. The summed E-state index contributed by atoms with van der Waals surface area (Å²) in [5.74, 6) is -0.564. The number of anilines is 1. The molecule has 3 aromatic rings. The summed E-state index contributed by atoms with van der Waals surface area (Å²) < 4.78 is 42.8. The van der Waals surface area contributed by atoms with Crippen LogP contribution in [0.2, 0.25) is 5.02 Å². The van der Waals surface area contributed by atoms with E-state index in [1.165, 1.54) is 29.0 Å². The van der Waals surface area contributed by atoms with E-state index in [2.05, 4.69) is 10.3 Å². The first kappa shape index (κ1) is 19.9. The number of rotatable bonds is 5. The van der Waals surface area contributed by atoms with Gasteiger partial charge in [0.1, 0.15) is 5.82 Å². The predicted molar refractivity (Wildman–Crippen MR) is 110 cm³/mol. The predicted octanol–water partition coefficient (Wildman–Crippen LogP) is 3.48. The zero-order valence-corrected chi connectivity index (χ0v) is 17.2. The van der Waals surface area contributed by atoms with Crippen LogP contribution >= 0.6 is 11.6 Å². The minimum Gasteiger partial charge on any atom is -0.380 e. The summed E-state index contributed by atoms with van der Waals surface area (Å²) in [6.45, 7) is 0.459. The molecule has 4 rings (SSSR count). The second-order valence-corrected chi connectivity index (χ2v) is 9.38. The van der Waals surface area contributed by atoms with Gasteiger partial charge >= 0.3 is 0 Å². The van der Waals surface area contributed by atoms with Crippen LogP contribution in [-0.4, -0.2) is 41.4 Å². The van der Waals surface area contributed by atoms with E-state index in [0.29, 0.717) is 10.7 Å². The standard InChI is InChI=1S/C20H20ClFN4O2S/c1-25-12-20(23-13-25)29(27,28)26-10-17(16-7-2-3-8-18(16)21)19(11-26)24-15-6-4-5-14(22)9-15/h2-9,12-13,17,19,24H,10-11H2,1H3. The van der Waals surface area contributed by atoms with E-state index in [-0.39, 0.29) is 35.9 Å². The molecule has 0 radical (unpaired) electrons. The highest BCUT2D eigenvalue weighted by molar-refractivity contribution is 7.89. The van der Waals surface area contributed by atoms with Gasteiger partial charge in [-0.3, -0.25) is 0 Å². The molecule has 2 unspecified atom stereocenters. The molecule has 0 aliphatic carbocycles. The van der Waals surface area contributed by atoms with E-state index in [1.54, 1.807) is 29.8 Å². The van der Waals surface area contributed by atoms with Gasteiger partial charge in [0, 0.05) is 49.0 Å². The van der Waals surface area contributed by atoms with Crippen molar-refractivity contribution in [3.05, 3.63) is 77.5 Å². The van der Waals surface area contributed by atoms with Crippen LogP contribution in [0.15, 0.2) is 66.1 Å². The van der Waals surface area contributed by atoms with Crippen molar-refractivity contribution in [1.82, 2.24) is 13.9 Å². The highest BCUT2D eigenvalue weighted by Gasteiger charge is 2.41. The maximum atomic E-state index is 13.6. The molecule has 1 N–H and O–H groups in total.